The van der Waals surface area contributed by atoms with Gasteiger partial charge in [0.25, 0.3) is 5.91 Å². The molecule has 2 aliphatic rings. The first-order valence-electron chi connectivity index (χ1n) is 11.5. The highest BCUT2D eigenvalue weighted by Crippen LogP contribution is 2.38. The summed E-state index contributed by atoms with van der Waals surface area (Å²) in [5.74, 6) is 0.704. The topological polar surface area (TPSA) is 82.9 Å². The number of hydrogen-bond donors (Lipinski definition) is 0. The molecule has 1 unspecified atom stereocenters. The van der Waals surface area contributed by atoms with E-state index < -0.39 is 5.97 Å². The fraction of sp³-hybridized carbons (Fsp3) is 0.346. The first-order valence-corrected chi connectivity index (χ1v) is 11.5. The summed E-state index contributed by atoms with van der Waals surface area (Å²) in [6.45, 7) is 5.31. The lowest BCUT2D eigenvalue weighted by Gasteiger charge is -2.26. The van der Waals surface area contributed by atoms with Gasteiger partial charge in [0.05, 0.1) is 23.0 Å². The summed E-state index contributed by atoms with van der Waals surface area (Å²) in [6.07, 6.45) is 1.75. The van der Waals surface area contributed by atoms with Crippen LogP contribution in [0.4, 0.5) is 0 Å². The van der Waals surface area contributed by atoms with Gasteiger partial charge in [-0.1, -0.05) is 6.07 Å². The van der Waals surface area contributed by atoms with Crippen LogP contribution in [-0.2, 0) is 9.53 Å². The molecule has 2 aromatic carbocycles. The zero-order valence-electron chi connectivity index (χ0n) is 19.3. The van der Waals surface area contributed by atoms with Crippen molar-refractivity contribution < 1.29 is 23.8 Å². The summed E-state index contributed by atoms with van der Waals surface area (Å²) in [5, 5.41) is 4.45. The van der Waals surface area contributed by atoms with E-state index in [0.717, 1.165) is 41.2 Å². The third kappa shape index (κ3) is 4.35. The van der Waals surface area contributed by atoms with Crippen LogP contribution >= 0.6 is 0 Å². The fourth-order valence-electron chi connectivity index (χ4n) is 4.60. The molecule has 0 aliphatic carbocycles. The molecule has 34 heavy (non-hydrogen) atoms. The fourth-order valence-corrected chi connectivity index (χ4v) is 4.60. The van der Waals surface area contributed by atoms with Crippen LogP contribution in [0.5, 0.6) is 11.5 Å². The third-order valence-corrected chi connectivity index (χ3v) is 6.21. The summed E-state index contributed by atoms with van der Waals surface area (Å²) >= 11 is 0. The van der Waals surface area contributed by atoms with Crippen molar-refractivity contribution in [3.05, 3.63) is 71.0 Å². The first-order chi connectivity index (χ1) is 16.5. The molecule has 8 nitrogen and oxygen atoms in total. The van der Waals surface area contributed by atoms with Crippen molar-refractivity contribution in [1.29, 1.82) is 0 Å². The lowest BCUT2D eigenvalue weighted by atomic mass is 10.0. The van der Waals surface area contributed by atoms with Gasteiger partial charge in [-0.05, 0) is 74.7 Å². The second-order valence-electron chi connectivity index (χ2n) is 8.61. The first kappa shape index (κ1) is 22.0. The highest BCUT2D eigenvalue weighted by molar-refractivity contribution is 5.91. The predicted molar refractivity (Wildman–Crippen MR) is 124 cm³/mol. The molecular weight excluding hydrogens is 434 g/mol. The minimum atomic E-state index is -0.525. The van der Waals surface area contributed by atoms with E-state index in [9.17, 15) is 9.59 Å². The molecule has 1 saturated heterocycles. The number of hydrogen-bond acceptors (Lipinski definition) is 6. The number of nitrogens with zero attached hydrogens (tertiary/aromatic N) is 3. The van der Waals surface area contributed by atoms with Crippen molar-refractivity contribution >= 4 is 11.9 Å². The molecule has 1 fully saturated rings. The normalized spacial score (nSPS) is 17.0. The third-order valence-electron chi connectivity index (χ3n) is 6.21. The Morgan fingerprint density at radius 1 is 1.03 bits per heavy atom. The van der Waals surface area contributed by atoms with Gasteiger partial charge >= 0.3 is 5.97 Å². The number of carbonyl (C=O) groups excluding carboxylic acids is 2. The van der Waals surface area contributed by atoms with Gasteiger partial charge in [-0.2, -0.15) is 5.10 Å². The van der Waals surface area contributed by atoms with Crippen molar-refractivity contribution in [2.45, 2.75) is 32.7 Å². The van der Waals surface area contributed by atoms with Crippen LogP contribution < -0.4 is 9.47 Å². The zero-order chi connectivity index (χ0) is 23.7. The highest BCUT2D eigenvalue weighted by Gasteiger charge is 2.31. The average molecular weight is 462 g/mol. The Morgan fingerprint density at radius 2 is 1.79 bits per heavy atom. The number of benzene rings is 2. The van der Waals surface area contributed by atoms with E-state index >= 15 is 0 Å². The van der Waals surface area contributed by atoms with Crippen molar-refractivity contribution in [3.63, 3.8) is 0 Å². The summed E-state index contributed by atoms with van der Waals surface area (Å²) < 4.78 is 18.5. The number of amides is 1. The molecule has 3 heterocycles. The predicted octanol–water partition coefficient (Wildman–Crippen LogP) is 3.78. The maximum absolute atomic E-state index is 12.9. The van der Waals surface area contributed by atoms with E-state index in [2.05, 4.69) is 5.10 Å². The van der Waals surface area contributed by atoms with E-state index in [4.69, 9.17) is 14.2 Å². The summed E-state index contributed by atoms with van der Waals surface area (Å²) in [7, 11) is 0. The molecule has 2 aliphatic heterocycles. The van der Waals surface area contributed by atoms with Gasteiger partial charge in [0, 0.05) is 12.2 Å². The number of fused-ring (bicyclic) bond motifs is 1. The van der Waals surface area contributed by atoms with Gasteiger partial charge < -0.3 is 19.1 Å². The van der Waals surface area contributed by atoms with Crippen LogP contribution in [0.3, 0.4) is 0 Å². The van der Waals surface area contributed by atoms with Crippen LogP contribution in [0, 0.1) is 13.8 Å². The van der Waals surface area contributed by atoms with Gasteiger partial charge in [0.15, 0.2) is 18.1 Å². The number of esters is 1. The molecule has 1 aromatic heterocycles. The summed E-state index contributed by atoms with van der Waals surface area (Å²) in [5.41, 5.74) is 4.19. The zero-order valence-corrected chi connectivity index (χ0v) is 19.3. The monoisotopic (exact) mass is 461 g/mol. The number of carbonyl (C=O) groups is 2. The number of aromatic nitrogens is 2. The van der Waals surface area contributed by atoms with Crippen molar-refractivity contribution in [2.24, 2.45) is 0 Å². The minimum absolute atomic E-state index is 0.0675. The number of aryl methyl sites for hydroxylation is 2. The Morgan fingerprint density at radius 3 is 2.53 bits per heavy atom. The quantitative estimate of drug-likeness (QED) is 0.538. The Hall–Kier alpha value is -3.81. The van der Waals surface area contributed by atoms with E-state index in [-0.39, 0.29) is 18.6 Å². The number of ether oxygens (including phenoxy) is 3. The van der Waals surface area contributed by atoms with Gasteiger partial charge in [0.1, 0.15) is 13.2 Å². The maximum atomic E-state index is 12.9. The minimum Gasteiger partial charge on any atom is -0.486 e. The Balaban J connectivity index is 1.21. The van der Waals surface area contributed by atoms with Gasteiger partial charge in [-0.3, -0.25) is 4.79 Å². The van der Waals surface area contributed by atoms with Crippen LogP contribution in [0.1, 0.15) is 46.2 Å². The molecule has 0 radical (unpaired) electrons. The largest absolute Gasteiger partial charge is 0.486 e. The van der Waals surface area contributed by atoms with Crippen molar-refractivity contribution in [2.75, 3.05) is 26.4 Å². The Kier molecular flexibility index (Phi) is 5.96. The second kappa shape index (κ2) is 9.21. The standard InChI is InChI=1S/C26H27N3O5/c1-17-14-18(2)29(27-17)21-8-5-19(6-9-21)26(31)34-16-25(30)28-11-3-4-22(28)20-7-10-23-24(15-20)33-13-12-32-23/h5-10,14-15,22H,3-4,11-13,16H2,1-2H3. The number of likely N-dealkylation sites (tertiary alicyclic amines) is 1. The molecule has 1 atom stereocenters. The molecule has 176 valence electrons. The number of rotatable bonds is 5. The molecule has 0 bridgehead atoms. The smallest absolute Gasteiger partial charge is 0.338 e. The molecule has 0 saturated carbocycles. The molecule has 0 spiro atoms. The molecule has 0 N–H and O–H groups in total. The SMILES string of the molecule is Cc1cc(C)n(-c2ccc(C(=O)OCC(=O)N3CCCC3c3ccc4c(c3)OCCO4)cc2)n1. The van der Waals surface area contributed by atoms with Crippen LogP contribution in [0.15, 0.2) is 48.5 Å². The molecule has 8 heteroatoms. The van der Waals surface area contributed by atoms with Crippen molar-refractivity contribution in [1.82, 2.24) is 14.7 Å². The molecule has 1 amide bonds. The summed E-state index contributed by atoms with van der Waals surface area (Å²) in [6, 6.07) is 14.7. The lowest BCUT2D eigenvalue weighted by molar-refractivity contribution is -0.135. The molecule has 5 rings (SSSR count). The maximum Gasteiger partial charge on any atom is 0.338 e. The lowest BCUT2D eigenvalue weighted by Crippen LogP contribution is -2.34. The Bertz CT molecular complexity index is 1220. The van der Waals surface area contributed by atoms with E-state index in [1.54, 1.807) is 17.0 Å². The van der Waals surface area contributed by atoms with Crippen LogP contribution in [0.2, 0.25) is 0 Å². The van der Waals surface area contributed by atoms with E-state index in [0.29, 0.717) is 31.1 Å². The van der Waals surface area contributed by atoms with Gasteiger partial charge in [-0.25, -0.2) is 9.48 Å². The highest BCUT2D eigenvalue weighted by atomic mass is 16.6. The van der Waals surface area contributed by atoms with E-state index in [1.165, 1.54) is 0 Å². The Labute approximate surface area is 198 Å². The summed E-state index contributed by atoms with van der Waals surface area (Å²) in [4.78, 5) is 27.2. The molecule has 3 aromatic rings. The second-order valence-corrected chi connectivity index (χ2v) is 8.61. The molecular formula is C26H27N3O5. The van der Waals surface area contributed by atoms with Gasteiger partial charge in [0.2, 0.25) is 0 Å². The van der Waals surface area contributed by atoms with Crippen LogP contribution in [-0.4, -0.2) is 52.9 Å². The van der Waals surface area contributed by atoms with Crippen LogP contribution in [0.25, 0.3) is 5.69 Å². The van der Waals surface area contributed by atoms with Crippen molar-refractivity contribution in [3.8, 4) is 17.2 Å². The van der Waals surface area contributed by atoms with E-state index in [1.807, 2.05) is 54.9 Å². The van der Waals surface area contributed by atoms with Gasteiger partial charge in [-0.15, -0.1) is 0 Å². The average Bonchev–Trinajstić information content (AvgIpc) is 3.48.